The van der Waals surface area contributed by atoms with Gasteiger partial charge >= 0.3 is 5.97 Å². The molecule has 5 nitrogen and oxygen atoms in total. The number of aliphatic carboxylic acids is 1. The number of benzene rings is 1. The van der Waals surface area contributed by atoms with Crippen LogP contribution in [0.3, 0.4) is 0 Å². The predicted octanol–water partition coefficient (Wildman–Crippen LogP) is 2.53. The van der Waals surface area contributed by atoms with Crippen LogP contribution in [0, 0.1) is 22.2 Å². The fraction of sp³-hybridized carbons (Fsp3) is 0.438. The standard InChI is InChI=1S/C16H16N2O3/c17-9-11-1-3-12(4-2-11)18-13(19)15-5-7-16(10-15,8-6-15)14(20)21/h1-4H,5-8,10H2,(H,18,19)(H,20,21). The molecule has 21 heavy (non-hydrogen) atoms. The highest BCUT2D eigenvalue weighted by Crippen LogP contribution is 2.61. The average molecular weight is 284 g/mol. The zero-order valence-corrected chi connectivity index (χ0v) is 11.6. The molecule has 3 rings (SSSR count). The Morgan fingerprint density at radius 3 is 2.14 bits per heavy atom. The van der Waals surface area contributed by atoms with Crippen molar-refractivity contribution < 1.29 is 14.7 Å². The molecular weight excluding hydrogens is 268 g/mol. The van der Waals surface area contributed by atoms with Gasteiger partial charge in [-0.1, -0.05) is 0 Å². The molecule has 2 bridgehead atoms. The molecule has 2 saturated carbocycles. The third-order valence-electron chi connectivity index (χ3n) is 5.05. The molecule has 0 heterocycles. The highest BCUT2D eigenvalue weighted by Gasteiger charge is 2.61. The van der Waals surface area contributed by atoms with Crippen molar-refractivity contribution in [2.45, 2.75) is 32.1 Å². The van der Waals surface area contributed by atoms with Crippen molar-refractivity contribution in [3.63, 3.8) is 0 Å². The van der Waals surface area contributed by atoms with Crippen LogP contribution >= 0.6 is 0 Å². The van der Waals surface area contributed by atoms with E-state index in [0.29, 0.717) is 43.4 Å². The molecule has 1 amide bonds. The molecule has 0 unspecified atom stereocenters. The van der Waals surface area contributed by atoms with Gasteiger partial charge < -0.3 is 10.4 Å². The fourth-order valence-corrected chi connectivity index (χ4v) is 3.70. The van der Waals surface area contributed by atoms with E-state index >= 15 is 0 Å². The molecule has 5 heteroatoms. The number of nitrogens with zero attached hydrogens (tertiary/aromatic N) is 1. The fourth-order valence-electron chi connectivity index (χ4n) is 3.70. The van der Waals surface area contributed by atoms with Crippen LogP contribution in [0.2, 0.25) is 0 Å². The normalized spacial score (nSPS) is 29.9. The first-order valence-corrected chi connectivity index (χ1v) is 7.05. The number of carbonyl (C=O) groups is 2. The number of amides is 1. The Bertz CT molecular complexity index is 634. The molecule has 2 N–H and O–H groups in total. The Morgan fingerprint density at radius 2 is 1.67 bits per heavy atom. The third-order valence-corrected chi connectivity index (χ3v) is 5.05. The second-order valence-corrected chi connectivity index (χ2v) is 6.19. The summed E-state index contributed by atoms with van der Waals surface area (Å²) in [5.74, 6) is -0.860. The first-order valence-electron chi connectivity index (χ1n) is 7.05. The summed E-state index contributed by atoms with van der Waals surface area (Å²) in [6, 6.07) is 8.72. The van der Waals surface area contributed by atoms with Crippen LogP contribution in [0.4, 0.5) is 5.69 Å². The second kappa shape index (κ2) is 4.59. The number of nitriles is 1. The summed E-state index contributed by atoms with van der Waals surface area (Å²) in [5.41, 5.74) is -0.0419. The van der Waals surface area contributed by atoms with Crippen molar-refractivity contribution in [2.24, 2.45) is 10.8 Å². The number of hydrogen-bond acceptors (Lipinski definition) is 3. The van der Waals surface area contributed by atoms with Gasteiger partial charge in [-0.2, -0.15) is 5.26 Å². The van der Waals surface area contributed by atoms with Crippen LogP contribution in [0.1, 0.15) is 37.7 Å². The van der Waals surface area contributed by atoms with Gasteiger partial charge in [-0.25, -0.2) is 0 Å². The molecule has 0 saturated heterocycles. The van der Waals surface area contributed by atoms with E-state index in [4.69, 9.17) is 5.26 Å². The Balaban J connectivity index is 1.75. The van der Waals surface area contributed by atoms with E-state index in [1.54, 1.807) is 24.3 Å². The number of anilines is 1. The molecule has 2 aliphatic rings. The summed E-state index contributed by atoms with van der Waals surface area (Å²) in [7, 11) is 0. The molecule has 1 aromatic carbocycles. The van der Waals surface area contributed by atoms with Gasteiger partial charge in [0.1, 0.15) is 0 Å². The van der Waals surface area contributed by atoms with Crippen molar-refractivity contribution in [3.8, 4) is 6.07 Å². The number of rotatable bonds is 3. The predicted molar refractivity (Wildman–Crippen MR) is 75.4 cm³/mol. The molecule has 2 aliphatic carbocycles. The topological polar surface area (TPSA) is 90.2 Å². The molecule has 0 spiro atoms. The summed E-state index contributed by atoms with van der Waals surface area (Å²) in [6.45, 7) is 0. The number of hydrogen-bond donors (Lipinski definition) is 2. The number of carbonyl (C=O) groups excluding carboxylic acids is 1. The number of fused-ring (bicyclic) bond motifs is 2. The lowest BCUT2D eigenvalue weighted by Crippen LogP contribution is -2.32. The van der Waals surface area contributed by atoms with Crippen molar-refractivity contribution in [2.75, 3.05) is 5.32 Å². The van der Waals surface area contributed by atoms with E-state index < -0.39 is 16.8 Å². The largest absolute Gasteiger partial charge is 0.481 e. The molecule has 0 atom stereocenters. The lowest BCUT2D eigenvalue weighted by atomic mass is 9.81. The Hall–Kier alpha value is -2.35. The lowest BCUT2D eigenvalue weighted by Gasteiger charge is -2.25. The number of nitrogens with one attached hydrogen (secondary N) is 1. The summed E-state index contributed by atoms with van der Waals surface area (Å²) in [5, 5.41) is 21.0. The second-order valence-electron chi connectivity index (χ2n) is 6.19. The van der Waals surface area contributed by atoms with Crippen LogP contribution in [0.5, 0.6) is 0 Å². The molecule has 0 aliphatic heterocycles. The quantitative estimate of drug-likeness (QED) is 0.892. The first kappa shape index (κ1) is 13.6. The molecule has 2 fully saturated rings. The molecule has 108 valence electrons. The zero-order valence-electron chi connectivity index (χ0n) is 11.6. The van der Waals surface area contributed by atoms with Gasteiger partial charge in [0.2, 0.25) is 5.91 Å². The molecular formula is C16H16N2O3. The van der Waals surface area contributed by atoms with E-state index in [2.05, 4.69) is 5.32 Å². The maximum atomic E-state index is 12.5. The summed E-state index contributed by atoms with van der Waals surface area (Å²) < 4.78 is 0. The Kier molecular flexibility index (Phi) is 2.98. The smallest absolute Gasteiger partial charge is 0.309 e. The van der Waals surface area contributed by atoms with Gasteiger partial charge in [0, 0.05) is 5.69 Å². The minimum Gasteiger partial charge on any atom is -0.481 e. The van der Waals surface area contributed by atoms with Crippen LogP contribution in [-0.2, 0) is 9.59 Å². The third kappa shape index (κ3) is 2.07. The van der Waals surface area contributed by atoms with Crippen LogP contribution in [0.15, 0.2) is 24.3 Å². The highest BCUT2D eigenvalue weighted by atomic mass is 16.4. The number of carboxylic acids is 1. The Labute approximate surface area is 122 Å². The molecule has 1 aromatic rings. The van der Waals surface area contributed by atoms with Crippen molar-refractivity contribution in [3.05, 3.63) is 29.8 Å². The minimum absolute atomic E-state index is 0.0900. The maximum Gasteiger partial charge on any atom is 0.309 e. The number of carboxylic acid groups (broad SMARTS) is 1. The monoisotopic (exact) mass is 284 g/mol. The van der Waals surface area contributed by atoms with Crippen LogP contribution < -0.4 is 5.32 Å². The van der Waals surface area contributed by atoms with Gasteiger partial charge in [0.05, 0.1) is 22.5 Å². The highest BCUT2D eigenvalue weighted by molar-refractivity contribution is 5.97. The van der Waals surface area contributed by atoms with Gasteiger partial charge in [-0.15, -0.1) is 0 Å². The van der Waals surface area contributed by atoms with Crippen LogP contribution in [-0.4, -0.2) is 17.0 Å². The van der Waals surface area contributed by atoms with Crippen molar-refractivity contribution in [1.29, 1.82) is 5.26 Å². The van der Waals surface area contributed by atoms with Crippen molar-refractivity contribution in [1.82, 2.24) is 0 Å². The summed E-state index contributed by atoms with van der Waals surface area (Å²) >= 11 is 0. The van der Waals surface area contributed by atoms with E-state index in [1.165, 1.54) is 0 Å². The molecule has 0 aromatic heterocycles. The molecule has 0 radical (unpaired) electrons. The van der Waals surface area contributed by atoms with Gasteiger partial charge in [0.15, 0.2) is 0 Å². The summed E-state index contributed by atoms with van der Waals surface area (Å²) in [4.78, 5) is 24.0. The SMILES string of the molecule is N#Cc1ccc(NC(=O)C23CCC(C(=O)O)(CC2)C3)cc1. The van der Waals surface area contributed by atoms with E-state index in [9.17, 15) is 14.7 Å². The van der Waals surface area contributed by atoms with E-state index in [1.807, 2.05) is 6.07 Å². The zero-order chi connectivity index (χ0) is 15.1. The van der Waals surface area contributed by atoms with E-state index in [-0.39, 0.29) is 5.91 Å². The lowest BCUT2D eigenvalue weighted by molar-refractivity contribution is -0.148. The first-order chi connectivity index (χ1) is 10.00. The van der Waals surface area contributed by atoms with Crippen molar-refractivity contribution >= 4 is 17.6 Å². The van der Waals surface area contributed by atoms with E-state index in [0.717, 1.165) is 0 Å². The average Bonchev–Trinajstić information content (AvgIpc) is 3.07. The van der Waals surface area contributed by atoms with Crippen LogP contribution in [0.25, 0.3) is 0 Å². The minimum atomic E-state index is -0.770. The Morgan fingerprint density at radius 1 is 1.10 bits per heavy atom. The van der Waals surface area contributed by atoms with Gasteiger partial charge in [0.25, 0.3) is 0 Å². The van der Waals surface area contributed by atoms with Gasteiger partial charge in [-0.3, -0.25) is 9.59 Å². The maximum absolute atomic E-state index is 12.5. The van der Waals surface area contributed by atoms with Gasteiger partial charge in [-0.05, 0) is 56.4 Å². The summed E-state index contributed by atoms with van der Waals surface area (Å²) in [6.07, 6.45) is 2.90.